The van der Waals surface area contributed by atoms with E-state index in [9.17, 15) is 14.4 Å². The van der Waals surface area contributed by atoms with E-state index in [4.69, 9.17) is 13.9 Å². The summed E-state index contributed by atoms with van der Waals surface area (Å²) in [5.74, 6) is -0.0860. The van der Waals surface area contributed by atoms with Crippen molar-refractivity contribution in [3.05, 3.63) is 75.6 Å². The molecule has 0 aliphatic rings. The van der Waals surface area contributed by atoms with Crippen LogP contribution in [0.5, 0.6) is 5.75 Å². The van der Waals surface area contributed by atoms with Crippen molar-refractivity contribution in [1.82, 2.24) is 0 Å². The van der Waals surface area contributed by atoms with Gasteiger partial charge in [-0.1, -0.05) is 30.3 Å². The zero-order chi connectivity index (χ0) is 21.7. The molecule has 0 N–H and O–H groups in total. The third-order valence-electron chi connectivity index (χ3n) is 4.55. The molecule has 1 heterocycles. The molecule has 6 heteroatoms. The topological polar surface area (TPSA) is 82.8 Å². The predicted molar refractivity (Wildman–Crippen MR) is 113 cm³/mol. The molecule has 0 fully saturated rings. The SMILES string of the molecule is Cc1cc(=O)oc2cc(OCC(=O)c3ccccc3)c(CCC(=O)OC(C)C)cc12. The van der Waals surface area contributed by atoms with Crippen LogP contribution in [0.25, 0.3) is 11.0 Å². The number of ether oxygens (including phenoxy) is 2. The fourth-order valence-electron chi connectivity index (χ4n) is 3.13. The largest absolute Gasteiger partial charge is 0.485 e. The van der Waals surface area contributed by atoms with Crippen LogP contribution in [0.1, 0.15) is 41.8 Å². The van der Waals surface area contributed by atoms with E-state index in [1.165, 1.54) is 6.07 Å². The summed E-state index contributed by atoms with van der Waals surface area (Å²) in [4.78, 5) is 36.1. The van der Waals surface area contributed by atoms with Crippen LogP contribution in [0, 0.1) is 6.92 Å². The first-order valence-electron chi connectivity index (χ1n) is 9.81. The Balaban J connectivity index is 1.88. The first-order valence-corrected chi connectivity index (χ1v) is 9.81. The molecular weight excluding hydrogens is 384 g/mol. The van der Waals surface area contributed by atoms with E-state index in [2.05, 4.69) is 0 Å². The molecule has 1 aromatic heterocycles. The lowest BCUT2D eigenvalue weighted by atomic mass is 10.0. The van der Waals surface area contributed by atoms with Crippen LogP contribution in [0.15, 0.2) is 57.7 Å². The van der Waals surface area contributed by atoms with E-state index in [1.54, 1.807) is 44.2 Å². The molecule has 0 aliphatic heterocycles. The smallest absolute Gasteiger partial charge is 0.336 e. The van der Waals surface area contributed by atoms with E-state index in [0.717, 1.165) is 16.5 Å². The second kappa shape index (κ2) is 9.39. The van der Waals surface area contributed by atoms with Gasteiger partial charge in [0.1, 0.15) is 11.3 Å². The maximum absolute atomic E-state index is 12.4. The quantitative estimate of drug-likeness (QED) is 0.315. The third kappa shape index (κ3) is 5.35. The highest BCUT2D eigenvalue weighted by atomic mass is 16.5. The van der Waals surface area contributed by atoms with Crippen molar-refractivity contribution >= 4 is 22.7 Å². The highest BCUT2D eigenvalue weighted by molar-refractivity contribution is 5.97. The summed E-state index contributed by atoms with van der Waals surface area (Å²) in [6, 6.07) is 13.7. The van der Waals surface area contributed by atoms with Crippen LogP contribution in [0.3, 0.4) is 0 Å². The lowest BCUT2D eigenvalue weighted by Gasteiger charge is -2.14. The molecule has 0 amide bonds. The molecule has 0 unspecified atom stereocenters. The normalized spacial score (nSPS) is 10.9. The molecule has 0 aliphatic carbocycles. The maximum Gasteiger partial charge on any atom is 0.336 e. The third-order valence-corrected chi connectivity index (χ3v) is 4.55. The van der Waals surface area contributed by atoms with Crippen molar-refractivity contribution in [3.8, 4) is 5.75 Å². The van der Waals surface area contributed by atoms with Gasteiger partial charge in [0, 0.05) is 29.5 Å². The summed E-state index contributed by atoms with van der Waals surface area (Å²) >= 11 is 0. The summed E-state index contributed by atoms with van der Waals surface area (Å²) in [5.41, 5.74) is 1.96. The molecule has 0 saturated carbocycles. The van der Waals surface area contributed by atoms with Gasteiger partial charge in [-0.2, -0.15) is 0 Å². The fraction of sp³-hybridized carbons (Fsp3) is 0.292. The number of aryl methyl sites for hydroxylation is 2. The number of fused-ring (bicyclic) bond motifs is 1. The summed E-state index contributed by atoms with van der Waals surface area (Å²) < 4.78 is 16.3. The standard InChI is InChI=1S/C24H24O6/c1-15(2)29-23(26)10-9-18-12-19-16(3)11-24(27)30-22(19)13-21(18)28-14-20(25)17-7-5-4-6-8-17/h4-8,11-13,15H,9-10,14H2,1-3H3. The van der Waals surface area contributed by atoms with Gasteiger partial charge in [0.25, 0.3) is 0 Å². The highest BCUT2D eigenvalue weighted by Crippen LogP contribution is 2.28. The zero-order valence-electron chi connectivity index (χ0n) is 17.3. The molecule has 3 aromatic rings. The van der Waals surface area contributed by atoms with Crippen molar-refractivity contribution < 1.29 is 23.5 Å². The number of hydrogen-bond acceptors (Lipinski definition) is 6. The maximum atomic E-state index is 12.4. The fourth-order valence-corrected chi connectivity index (χ4v) is 3.13. The van der Waals surface area contributed by atoms with Crippen LogP contribution >= 0.6 is 0 Å². The van der Waals surface area contributed by atoms with E-state index >= 15 is 0 Å². The van der Waals surface area contributed by atoms with Crippen molar-refractivity contribution in [2.75, 3.05) is 6.61 Å². The van der Waals surface area contributed by atoms with E-state index in [1.807, 2.05) is 19.1 Å². The molecule has 0 atom stereocenters. The Kier molecular flexibility index (Phi) is 6.67. The number of carbonyl (C=O) groups excluding carboxylic acids is 2. The van der Waals surface area contributed by atoms with E-state index in [0.29, 0.717) is 23.3 Å². The Morgan fingerprint density at radius 2 is 1.80 bits per heavy atom. The van der Waals surface area contributed by atoms with Gasteiger partial charge >= 0.3 is 11.6 Å². The highest BCUT2D eigenvalue weighted by Gasteiger charge is 2.15. The molecule has 6 nitrogen and oxygen atoms in total. The van der Waals surface area contributed by atoms with Crippen LogP contribution in [0.4, 0.5) is 0 Å². The minimum atomic E-state index is -0.459. The monoisotopic (exact) mass is 408 g/mol. The van der Waals surface area contributed by atoms with E-state index < -0.39 is 5.63 Å². The Morgan fingerprint density at radius 3 is 2.50 bits per heavy atom. The molecular formula is C24H24O6. The van der Waals surface area contributed by atoms with Crippen molar-refractivity contribution in [2.24, 2.45) is 0 Å². The molecule has 30 heavy (non-hydrogen) atoms. The first kappa shape index (κ1) is 21.3. The number of esters is 1. The Morgan fingerprint density at radius 1 is 1.07 bits per heavy atom. The summed E-state index contributed by atoms with van der Waals surface area (Å²) in [6.45, 7) is 5.23. The van der Waals surface area contributed by atoms with Crippen molar-refractivity contribution in [3.63, 3.8) is 0 Å². The molecule has 2 aromatic carbocycles. The summed E-state index contributed by atoms with van der Waals surface area (Å²) in [6.07, 6.45) is 0.349. The van der Waals surface area contributed by atoms with Gasteiger partial charge in [0.15, 0.2) is 12.4 Å². The number of hydrogen-bond donors (Lipinski definition) is 0. The van der Waals surface area contributed by atoms with E-state index in [-0.39, 0.29) is 30.9 Å². The lowest BCUT2D eigenvalue weighted by Crippen LogP contribution is -2.14. The van der Waals surface area contributed by atoms with Crippen molar-refractivity contribution in [2.45, 2.75) is 39.7 Å². The minimum Gasteiger partial charge on any atom is -0.485 e. The van der Waals surface area contributed by atoms with Crippen LogP contribution in [-0.2, 0) is 16.0 Å². The summed E-state index contributed by atoms with van der Waals surface area (Å²) in [5, 5.41) is 0.753. The Labute approximate surface area is 174 Å². The van der Waals surface area contributed by atoms with Crippen LogP contribution < -0.4 is 10.4 Å². The molecule has 0 radical (unpaired) electrons. The molecule has 0 spiro atoms. The second-order valence-corrected chi connectivity index (χ2v) is 7.32. The van der Waals surface area contributed by atoms with Gasteiger partial charge in [-0.25, -0.2) is 4.79 Å². The van der Waals surface area contributed by atoms with Gasteiger partial charge in [0.2, 0.25) is 0 Å². The van der Waals surface area contributed by atoms with Gasteiger partial charge in [-0.15, -0.1) is 0 Å². The molecule has 3 rings (SSSR count). The van der Waals surface area contributed by atoms with Gasteiger partial charge in [-0.3, -0.25) is 9.59 Å². The number of benzene rings is 2. The van der Waals surface area contributed by atoms with Gasteiger partial charge in [0.05, 0.1) is 6.10 Å². The summed E-state index contributed by atoms with van der Waals surface area (Å²) in [7, 11) is 0. The van der Waals surface area contributed by atoms with Gasteiger partial charge in [-0.05, 0) is 44.4 Å². The zero-order valence-corrected chi connectivity index (χ0v) is 17.3. The average Bonchev–Trinajstić information content (AvgIpc) is 2.70. The van der Waals surface area contributed by atoms with Crippen LogP contribution in [-0.4, -0.2) is 24.5 Å². The average molecular weight is 408 g/mol. The lowest BCUT2D eigenvalue weighted by molar-refractivity contribution is -0.147. The second-order valence-electron chi connectivity index (χ2n) is 7.32. The number of carbonyl (C=O) groups is 2. The number of ketones is 1. The number of Topliss-reactive ketones (excluding diaryl/α,β-unsaturated/α-hetero) is 1. The Bertz CT molecular complexity index is 1110. The predicted octanol–water partition coefficient (Wildman–Crippen LogP) is 4.25. The minimum absolute atomic E-state index is 0.169. The Hall–Kier alpha value is -3.41. The van der Waals surface area contributed by atoms with Gasteiger partial charge < -0.3 is 13.9 Å². The number of rotatable bonds is 8. The molecule has 0 saturated heterocycles. The molecule has 156 valence electrons. The van der Waals surface area contributed by atoms with Crippen LogP contribution in [0.2, 0.25) is 0 Å². The first-order chi connectivity index (χ1) is 14.3. The van der Waals surface area contributed by atoms with Crippen molar-refractivity contribution in [1.29, 1.82) is 0 Å². The molecule has 0 bridgehead atoms.